The molecule has 0 unspecified atom stereocenters. The highest BCUT2D eigenvalue weighted by molar-refractivity contribution is 9.09. The average Bonchev–Trinajstić information content (AvgIpc) is 2.88. The van der Waals surface area contributed by atoms with E-state index in [0.717, 1.165) is 24.5 Å². The zero-order chi connectivity index (χ0) is 8.81. The van der Waals surface area contributed by atoms with Crippen molar-refractivity contribution in [2.45, 2.75) is 25.3 Å². The topological polar surface area (TPSA) is 12.5 Å². The monoisotopic (exact) mass is 235 g/mol. The molecule has 0 amide bonds. The van der Waals surface area contributed by atoms with Crippen LogP contribution in [0.15, 0.2) is 0 Å². The normalized spacial score (nSPS) is 17.2. The Kier molecular flexibility index (Phi) is 5.19. The fourth-order valence-electron chi connectivity index (χ4n) is 1.39. The predicted molar refractivity (Wildman–Crippen MR) is 54.9 cm³/mol. The summed E-state index contributed by atoms with van der Waals surface area (Å²) in [6.45, 7) is 3.20. The molecule has 0 N–H and O–H groups in total. The zero-order valence-electron chi connectivity index (χ0n) is 7.76. The molecule has 12 heavy (non-hydrogen) atoms. The molecule has 2 nitrogen and oxygen atoms in total. The van der Waals surface area contributed by atoms with Gasteiger partial charge in [-0.1, -0.05) is 15.9 Å². The summed E-state index contributed by atoms with van der Waals surface area (Å²) in [5, 5.41) is 1.11. The summed E-state index contributed by atoms with van der Waals surface area (Å²) in [5.41, 5.74) is 0. The fourth-order valence-corrected chi connectivity index (χ4v) is 1.64. The Balaban J connectivity index is 2.09. The molecule has 0 aliphatic heterocycles. The lowest BCUT2D eigenvalue weighted by molar-refractivity contribution is 0.144. The maximum atomic E-state index is 5.08. The first-order valence-corrected chi connectivity index (χ1v) is 5.79. The lowest BCUT2D eigenvalue weighted by atomic mass is 10.4. The van der Waals surface area contributed by atoms with E-state index in [2.05, 4.69) is 20.8 Å². The number of rotatable bonds is 7. The highest BCUT2D eigenvalue weighted by atomic mass is 79.9. The van der Waals surface area contributed by atoms with Crippen LogP contribution in [0.2, 0.25) is 0 Å². The second-order valence-electron chi connectivity index (χ2n) is 3.30. The molecule has 1 aliphatic carbocycles. The van der Waals surface area contributed by atoms with E-state index in [1.807, 2.05) is 0 Å². The van der Waals surface area contributed by atoms with Crippen LogP contribution in [0.4, 0.5) is 0 Å². The lowest BCUT2D eigenvalue weighted by Crippen LogP contribution is -2.30. The van der Waals surface area contributed by atoms with Crippen molar-refractivity contribution in [3.05, 3.63) is 0 Å². The molecule has 1 fully saturated rings. The van der Waals surface area contributed by atoms with Gasteiger partial charge in [-0.05, 0) is 25.8 Å². The van der Waals surface area contributed by atoms with Gasteiger partial charge in [0.25, 0.3) is 0 Å². The minimum Gasteiger partial charge on any atom is -0.383 e. The van der Waals surface area contributed by atoms with Crippen molar-refractivity contribution in [1.82, 2.24) is 4.90 Å². The van der Waals surface area contributed by atoms with E-state index in [9.17, 15) is 0 Å². The van der Waals surface area contributed by atoms with Gasteiger partial charge in [0.1, 0.15) is 0 Å². The van der Waals surface area contributed by atoms with Gasteiger partial charge >= 0.3 is 0 Å². The van der Waals surface area contributed by atoms with E-state index in [1.54, 1.807) is 7.11 Å². The molecule has 3 heteroatoms. The molecular weight excluding hydrogens is 218 g/mol. The summed E-state index contributed by atoms with van der Waals surface area (Å²) in [7, 11) is 1.77. The Bertz CT molecular complexity index is 109. The fraction of sp³-hybridized carbons (Fsp3) is 1.00. The molecule has 0 radical (unpaired) electrons. The van der Waals surface area contributed by atoms with Crippen LogP contribution in [-0.4, -0.2) is 43.1 Å². The molecule has 0 saturated heterocycles. The third-order valence-corrected chi connectivity index (χ3v) is 2.79. The first-order chi connectivity index (χ1) is 5.88. The lowest BCUT2D eigenvalue weighted by Gasteiger charge is -2.20. The minimum absolute atomic E-state index is 0.874. The second-order valence-corrected chi connectivity index (χ2v) is 4.10. The Morgan fingerprint density at radius 3 is 2.67 bits per heavy atom. The molecule has 0 spiro atoms. The second kappa shape index (κ2) is 5.95. The summed E-state index contributed by atoms with van der Waals surface area (Å²) >= 11 is 3.46. The van der Waals surface area contributed by atoms with Gasteiger partial charge in [-0.15, -0.1) is 0 Å². The van der Waals surface area contributed by atoms with Crippen molar-refractivity contribution in [1.29, 1.82) is 0 Å². The van der Waals surface area contributed by atoms with Crippen LogP contribution in [0.1, 0.15) is 19.3 Å². The third-order valence-electron chi connectivity index (χ3n) is 2.22. The van der Waals surface area contributed by atoms with E-state index in [-0.39, 0.29) is 0 Å². The molecule has 1 rings (SSSR count). The molecule has 0 atom stereocenters. The Morgan fingerprint density at radius 2 is 2.17 bits per heavy atom. The van der Waals surface area contributed by atoms with E-state index < -0.39 is 0 Å². The molecule has 1 aliphatic rings. The maximum Gasteiger partial charge on any atom is 0.0589 e. The quantitative estimate of drug-likeness (QED) is 0.626. The van der Waals surface area contributed by atoms with Crippen LogP contribution in [0.5, 0.6) is 0 Å². The molecule has 0 aromatic carbocycles. The summed E-state index contributed by atoms with van der Waals surface area (Å²) in [4.78, 5) is 2.55. The summed E-state index contributed by atoms with van der Waals surface area (Å²) in [6, 6.07) is 0.874. The maximum absolute atomic E-state index is 5.08. The van der Waals surface area contributed by atoms with Crippen molar-refractivity contribution in [2.75, 3.05) is 32.1 Å². The van der Waals surface area contributed by atoms with Crippen molar-refractivity contribution in [3.63, 3.8) is 0 Å². The smallest absolute Gasteiger partial charge is 0.0589 e. The minimum atomic E-state index is 0.874. The van der Waals surface area contributed by atoms with Gasteiger partial charge in [-0.2, -0.15) is 0 Å². The Hall–Kier alpha value is 0.400. The molecule has 1 saturated carbocycles. The first-order valence-electron chi connectivity index (χ1n) is 4.67. The summed E-state index contributed by atoms with van der Waals surface area (Å²) in [5.74, 6) is 0. The predicted octanol–water partition coefficient (Wildman–Crippen LogP) is 1.88. The van der Waals surface area contributed by atoms with Crippen LogP contribution in [-0.2, 0) is 4.74 Å². The summed E-state index contributed by atoms with van der Waals surface area (Å²) in [6.07, 6.45) is 4.04. The van der Waals surface area contributed by atoms with Crippen LogP contribution in [0, 0.1) is 0 Å². The number of ether oxygens (including phenoxy) is 1. The van der Waals surface area contributed by atoms with Gasteiger partial charge in [0, 0.05) is 25.0 Å². The van der Waals surface area contributed by atoms with Gasteiger partial charge < -0.3 is 4.74 Å². The number of halogens is 1. The van der Waals surface area contributed by atoms with E-state index in [4.69, 9.17) is 4.74 Å². The number of methoxy groups -OCH3 is 1. The highest BCUT2D eigenvalue weighted by Gasteiger charge is 2.27. The van der Waals surface area contributed by atoms with Crippen molar-refractivity contribution < 1.29 is 4.74 Å². The molecular formula is C9H18BrNO. The van der Waals surface area contributed by atoms with Crippen molar-refractivity contribution in [2.24, 2.45) is 0 Å². The van der Waals surface area contributed by atoms with Gasteiger partial charge in [0.15, 0.2) is 0 Å². The Labute approximate surface area is 83.4 Å². The summed E-state index contributed by atoms with van der Waals surface area (Å²) < 4.78 is 5.08. The number of hydrogen-bond donors (Lipinski definition) is 0. The molecule has 0 heterocycles. The van der Waals surface area contributed by atoms with E-state index in [0.29, 0.717) is 0 Å². The first kappa shape index (κ1) is 10.5. The number of hydrogen-bond acceptors (Lipinski definition) is 2. The molecule has 0 aromatic heterocycles. The SMILES string of the molecule is COCCN(CCCBr)C1CC1. The third kappa shape index (κ3) is 3.87. The van der Waals surface area contributed by atoms with Gasteiger partial charge in [-0.25, -0.2) is 0 Å². The largest absolute Gasteiger partial charge is 0.383 e. The molecule has 72 valence electrons. The van der Waals surface area contributed by atoms with Crippen molar-refractivity contribution >= 4 is 15.9 Å². The van der Waals surface area contributed by atoms with Crippen molar-refractivity contribution in [3.8, 4) is 0 Å². The van der Waals surface area contributed by atoms with Crippen LogP contribution in [0.25, 0.3) is 0 Å². The van der Waals surface area contributed by atoms with Gasteiger partial charge in [-0.3, -0.25) is 4.90 Å². The Morgan fingerprint density at radius 1 is 1.42 bits per heavy atom. The highest BCUT2D eigenvalue weighted by Crippen LogP contribution is 2.26. The van der Waals surface area contributed by atoms with Crippen LogP contribution in [0.3, 0.4) is 0 Å². The van der Waals surface area contributed by atoms with Gasteiger partial charge in [0.2, 0.25) is 0 Å². The standard InChI is InChI=1S/C9H18BrNO/c1-12-8-7-11(6-2-5-10)9-3-4-9/h9H,2-8H2,1H3. The zero-order valence-corrected chi connectivity index (χ0v) is 9.35. The van der Waals surface area contributed by atoms with Crippen LogP contribution < -0.4 is 0 Å². The average molecular weight is 236 g/mol. The van der Waals surface area contributed by atoms with Crippen LogP contribution >= 0.6 is 15.9 Å². The molecule has 0 bridgehead atoms. The van der Waals surface area contributed by atoms with Gasteiger partial charge in [0.05, 0.1) is 6.61 Å². The number of alkyl halides is 1. The van der Waals surface area contributed by atoms with E-state index >= 15 is 0 Å². The molecule has 0 aromatic rings. The number of nitrogens with zero attached hydrogens (tertiary/aromatic N) is 1. The van der Waals surface area contributed by atoms with E-state index in [1.165, 1.54) is 25.8 Å².